The molecule has 3 unspecified atom stereocenters. The number of hydrogen-bond acceptors (Lipinski definition) is 4. The molecule has 1 fully saturated rings. The topological polar surface area (TPSA) is 71.5 Å². The van der Waals surface area contributed by atoms with E-state index >= 15 is 0 Å². The van der Waals surface area contributed by atoms with Gasteiger partial charge in [0, 0.05) is 19.1 Å². The van der Waals surface area contributed by atoms with Gasteiger partial charge in [0.1, 0.15) is 5.76 Å². The van der Waals surface area contributed by atoms with E-state index in [1.807, 2.05) is 19.1 Å². The summed E-state index contributed by atoms with van der Waals surface area (Å²) in [6, 6.07) is 3.77. The molecular formula is C14H23N3O2. The number of rotatable bonds is 4. The monoisotopic (exact) mass is 265 g/mol. The molecule has 0 aliphatic carbocycles. The van der Waals surface area contributed by atoms with Crippen LogP contribution in [-0.2, 0) is 4.79 Å². The lowest BCUT2D eigenvalue weighted by Gasteiger charge is -2.34. The van der Waals surface area contributed by atoms with Crippen LogP contribution in [0.1, 0.15) is 32.1 Å². The van der Waals surface area contributed by atoms with Crippen LogP contribution < -0.4 is 11.1 Å². The van der Waals surface area contributed by atoms with Crippen LogP contribution in [-0.4, -0.2) is 36.5 Å². The zero-order chi connectivity index (χ0) is 13.8. The third-order valence-corrected chi connectivity index (χ3v) is 3.48. The van der Waals surface area contributed by atoms with Gasteiger partial charge in [-0.05, 0) is 31.4 Å². The Hall–Kier alpha value is -1.33. The molecule has 1 aromatic rings. The summed E-state index contributed by atoms with van der Waals surface area (Å²) in [5.74, 6) is 1.35. The zero-order valence-electron chi connectivity index (χ0n) is 11.6. The van der Waals surface area contributed by atoms with E-state index in [1.54, 1.807) is 6.26 Å². The smallest absolute Gasteiger partial charge is 0.234 e. The summed E-state index contributed by atoms with van der Waals surface area (Å²) in [7, 11) is 0. The first kappa shape index (κ1) is 14.1. The van der Waals surface area contributed by atoms with Crippen molar-refractivity contribution in [3.63, 3.8) is 0 Å². The molecule has 0 bridgehead atoms. The molecule has 5 heteroatoms. The lowest BCUT2D eigenvalue weighted by Crippen LogP contribution is -2.49. The lowest BCUT2D eigenvalue weighted by atomic mass is 9.97. The third kappa shape index (κ3) is 4.08. The molecule has 19 heavy (non-hydrogen) atoms. The molecule has 2 heterocycles. The van der Waals surface area contributed by atoms with Gasteiger partial charge in [-0.25, -0.2) is 0 Å². The number of nitrogens with zero attached hydrogens (tertiary/aromatic N) is 1. The maximum absolute atomic E-state index is 12.0. The number of furan rings is 1. The molecule has 1 amide bonds. The molecule has 0 saturated carbocycles. The standard InChI is InChI=1S/C14H23N3O2/c1-10-6-12(15)8-17(7-10)9-14(18)16-11(2)13-4-3-5-19-13/h3-5,10-12H,6-9,15H2,1-2H3,(H,16,18). The Bertz CT molecular complexity index is 395. The number of nitrogens with one attached hydrogen (secondary N) is 1. The first-order chi connectivity index (χ1) is 9.04. The molecule has 1 aromatic heterocycles. The predicted octanol–water partition coefficient (Wildman–Crippen LogP) is 1.13. The van der Waals surface area contributed by atoms with Crippen molar-refractivity contribution in [2.75, 3.05) is 19.6 Å². The first-order valence-electron chi connectivity index (χ1n) is 6.85. The Morgan fingerprint density at radius 3 is 3.05 bits per heavy atom. The van der Waals surface area contributed by atoms with Crippen molar-refractivity contribution >= 4 is 5.91 Å². The summed E-state index contributed by atoms with van der Waals surface area (Å²) in [4.78, 5) is 14.1. The van der Waals surface area contributed by atoms with Crippen molar-refractivity contribution in [1.82, 2.24) is 10.2 Å². The van der Waals surface area contributed by atoms with Crippen molar-refractivity contribution in [3.8, 4) is 0 Å². The minimum atomic E-state index is -0.0987. The van der Waals surface area contributed by atoms with E-state index < -0.39 is 0 Å². The summed E-state index contributed by atoms with van der Waals surface area (Å²) in [6.07, 6.45) is 2.66. The van der Waals surface area contributed by atoms with Gasteiger partial charge in [-0.15, -0.1) is 0 Å². The van der Waals surface area contributed by atoms with Crippen LogP contribution >= 0.6 is 0 Å². The van der Waals surface area contributed by atoms with Crippen LogP contribution in [0.5, 0.6) is 0 Å². The number of carbonyl (C=O) groups is 1. The molecule has 1 aliphatic heterocycles. The molecule has 1 saturated heterocycles. The van der Waals surface area contributed by atoms with Gasteiger partial charge in [0.05, 0.1) is 18.8 Å². The van der Waals surface area contributed by atoms with Gasteiger partial charge in [0.25, 0.3) is 0 Å². The molecule has 0 aromatic carbocycles. The number of likely N-dealkylation sites (tertiary alicyclic amines) is 1. The van der Waals surface area contributed by atoms with E-state index in [0.717, 1.165) is 25.3 Å². The SMILES string of the molecule is CC1CC(N)CN(CC(=O)NC(C)c2ccco2)C1. The van der Waals surface area contributed by atoms with Gasteiger partial charge in [-0.3, -0.25) is 9.69 Å². The summed E-state index contributed by atoms with van der Waals surface area (Å²) in [6.45, 7) is 6.24. The number of carbonyl (C=O) groups excluding carboxylic acids is 1. The fourth-order valence-electron chi connectivity index (χ4n) is 2.74. The maximum atomic E-state index is 12.0. The average Bonchev–Trinajstić information content (AvgIpc) is 2.80. The van der Waals surface area contributed by atoms with Gasteiger partial charge >= 0.3 is 0 Å². The normalized spacial score (nSPS) is 26.1. The Kier molecular flexibility index (Phi) is 4.61. The van der Waals surface area contributed by atoms with Crippen LogP contribution in [0, 0.1) is 5.92 Å². The number of nitrogens with two attached hydrogens (primary N) is 1. The Labute approximate surface area is 114 Å². The first-order valence-corrected chi connectivity index (χ1v) is 6.85. The largest absolute Gasteiger partial charge is 0.467 e. The number of piperidine rings is 1. The Morgan fingerprint density at radius 2 is 2.42 bits per heavy atom. The highest BCUT2D eigenvalue weighted by molar-refractivity contribution is 5.78. The van der Waals surface area contributed by atoms with Crippen LogP contribution in [0.3, 0.4) is 0 Å². The summed E-state index contributed by atoms with van der Waals surface area (Å²) < 4.78 is 5.27. The predicted molar refractivity (Wildman–Crippen MR) is 73.5 cm³/mol. The summed E-state index contributed by atoms with van der Waals surface area (Å²) in [5.41, 5.74) is 5.98. The molecule has 5 nitrogen and oxygen atoms in total. The van der Waals surface area contributed by atoms with Gasteiger partial charge in [-0.1, -0.05) is 6.92 Å². The van der Waals surface area contributed by atoms with Crippen LogP contribution in [0.15, 0.2) is 22.8 Å². The van der Waals surface area contributed by atoms with E-state index in [0.29, 0.717) is 12.5 Å². The third-order valence-electron chi connectivity index (χ3n) is 3.48. The van der Waals surface area contributed by atoms with Crippen molar-refractivity contribution in [3.05, 3.63) is 24.2 Å². The quantitative estimate of drug-likeness (QED) is 0.856. The van der Waals surface area contributed by atoms with Crippen molar-refractivity contribution in [2.45, 2.75) is 32.4 Å². The van der Waals surface area contributed by atoms with E-state index in [1.165, 1.54) is 0 Å². The average molecular weight is 265 g/mol. The van der Waals surface area contributed by atoms with Crippen LogP contribution in [0.25, 0.3) is 0 Å². The Morgan fingerprint density at radius 1 is 1.63 bits per heavy atom. The van der Waals surface area contributed by atoms with Crippen molar-refractivity contribution in [2.24, 2.45) is 11.7 Å². The lowest BCUT2D eigenvalue weighted by molar-refractivity contribution is -0.123. The van der Waals surface area contributed by atoms with Crippen molar-refractivity contribution < 1.29 is 9.21 Å². The van der Waals surface area contributed by atoms with E-state index in [4.69, 9.17) is 10.2 Å². The fraction of sp³-hybridized carbons (Fsp3) is 0.643. The highest BCUT2D eigenvalue weighted by Gasteiger charge is 2.24. The second kappa shape index (κ2) is 6.21. The molecule has 0 spiro atoms. The number of amides is 1. The molecule has 0 radical (unpaired) electrons. The fourth-order valence-corrected chi connectivity index (χ4v) is 2.74. The zero-order valence-corrected chi connectivity index (χ0v) is 11.6. The molecule has 1 aliphatic rings. The van der Waals surface area contributed by atoms with Crippen LogP contribution in [0.4, 0.5) is 0 Å². The van der Waals surface area contributed by atoms with E-state index in [9.17, 15) is 4.79 Å². The molecular weight excluding hydrogens is 242 g/mol. The van der Waals surface area contributed by atoms with Gasteiger partial charge in [-0.2, -0.15) is 0 Å². The molecule has 2 rings (SSSR count). The second-order valence-electron chi connectivity index (χ2n) is 5.60. The van der Waals surface area contributed by atoms with E-state index in [2.05, 4.69) is 17.1 Å². The summed E-state index contributed by atoms with van der Waals surface area (Å²) >= 11 is 0. The van der Waals surface area contributed by atoms with Gasteiger partial charge in [0.15, 0.2) is 0 Å². The summed E-state index contributed by atoms with van der Waals surface area (Å²) in [5, 5.41) is 2.94. The minimum absolute atomic E-state index is 0.0187. The maximum Gasteiger partial charge on any atom is 0.234 e. The highest BCUT2D eigenvalue weighted by Crippen LogP contribution is 2.15. The molecule has 106 valence electrons. The van der Waals surface area contributed by atoms with E-state index in [-0.39, 0.29) is 18.0 Å². The minimum Gasteiger partial charge on any atom is -0.467 e. The number of hydrogen-bond donors (Lipinski definition) is 2. The second-order valence-corrected chi connectivity index (χ2v) is 5.60. The molecule has 3 atom stereocenters. The van der Waals surface area contributed by atoms with Crippen molar-refractivity contribution in [1.29, 1.82) is 0 Å². The van der Waals surface area contributed by atoms with Gasteiger partial charge in [0.2, 0.25) is 5.91 Å². The highest BCUT2D eigenvalue weighted by atomic mass is 16.3. The van der Waals surface area contributed by atoms with Crippen LogP contribution in [0.2, 0.25) is 0 Å². The molecule has 3 N–H and O–H groups in total. The Balaban J connectivity index is 1.81. The van der Waals surface area contributed by atoms with Gasteiger partial charge < -0.3 is 15.5 Å².